The summed E-state index contributed by atoms with van der Waals surface area (Å²) in [4.78, 5) is 31.0. The predicted octanol–water partition coefficient (Wildman–Crippen LogP) is -0.349. The summed E-state index contributed by atoms with van der Waals surface area (Å²) in [6.07, 6.45) is 4.85. The number of rotatable bonds is 3. The van der Waals surface area contributed by atoms with Gasteiger partial charge in [0, 0.05) is 39.3 Å². The standard InChI is InChI=1S/C17H30N4O3/c18-17(4-2-1-3-5-17)16(23)21-8-6-20(7-9-21)15(22)14-19-10-12-24-13-11-19/h1-14,18H2. The maximum absolute atomic E-state index is 12.7. The Morgan fingerprint density at radius 3 is 2.08 bits per heavy atom. The largest absolute Gasteiger partial charge is 0.379 e. The normalized spacial score (nSPS) is 25.5. The zero-order valence-electron chi connectivity index (χ0n) is 14.5. The molecule has 7 nitrogen and oxygen atoms in total. The number of hydrogen-bond donors (Lipinski definition) is 1. The van der Waals surface area contributed by atoms with E-state index in [1.54, 1.807) is 0 Å². The number of ether oxygens (including phenoxy) is 1. The van der Waals surface area contributed by atoms with Gasteiger partial charge in [-0.25, -0.2) is 0 Å². The minimum absolute atomic E-state index is 0.0856. The second kappa shape index (κ2) is 7.80. The van der Waals surface area contributed by atoms with Crippen molar-refractivity contribution in [1.29, 1.82) is 0 Å². The number of amides is 2. The summed E-state index contributed by atoms with van der Waals surface area (Å²) in [6.45, 7) is 5.94. The van der Waals surface area contributed by atoms with Crippen molar-refractivity contribution in [2.75, 3.05) is 59.0 Å². The highest BCUT2D eigenvalue weighted by Crippen LogP contribution is 2.28. The summed E-state index contributed by atoms with van der Waals surface area (Å²) in [5.74, 6) is 0.242. The third-order valence-corrected chi connectivity index (χ3v) is 5.55. The Morgan fingerprint density at radius 2 is 1.46 bits per heavy atom. The van der Waals surface area contributed by atoms with Gasteiger partial charge in [0.15, 0.2) is 0 Å². The number of piperazine rings is 1. The van der Waals surface area contributed by atoms with Crippen molar-refractivity contribution < 1.29 is 14.3 Å². The van der Waals surface area contributed by atoms with Crippen LogP contribution in [-0.2, 0) is 14.3 Å². The molecule has 7 heteroatoms. The summed E-state index contributed by atoms with van der Waals surface area (Å²) in [6, 6.07) is 0. The maximum Gasteiger partial charge on any atom is 0.242 e. The van der Waals surface area contributed by atoms with E-state index < -0.39 is 5.54 Å². The van der Waals surface area contributed by atoms with Gasteiger partial charge >= 0.3 is 0 Å². The molecule has 1 aliphatic carbocycles. The monoisotopic (exact) mass is 338 g/mol. The van der Waals surface area contributed by atoms with Crippen LogP contribution in [0.5, 0.6) is 0 Å². The Bertz CT molecular complexity index is 451. The molecule has 136 valence electrons. The van der Waals surface area contributed by atoms with Crippen LogP contribution in [0, 0.1) is 0 Å². The number of carbonyl (C=O) groups is 2. The summed E-state index contributed by atoms with van der Waals surface area (Å²) in [5.41, 5.74) is 5.69. The second-order valence-electron chi connectivity index (χ2n) is 7.28. The molecule has 1 saturated carbocycles. The molecule has 0 aromatic heterocycles. The third-order valence-electron chi connectivity index (χ3n) is 5.55. The van der Waals surface area contributed by atoms with Crippen LogP contribution in [0.1, 0.15) is 32.1 Å². The molecule has 24 heavy (non-hydrogen) atoms. The van der Waals surface area contributed by atoms with Crippen molar-refractivity contribution >= 4 is 11.8 Å². The molecule has 0 atom stereocenters. The van der Waals surface area contributed by atoms with Crippen molar-refractivity contribution in [3.8, 4) is 0 Å². The highest BCUT2D eigenvalue weighted by atomic mass is 16.5. The van der Waals surface area contributed by atoms with E-state index in [-0.39, 0.29) is 11.8 Å². The number of morpholine rings is 1. The molecule has 3 rings (SSSR count). The van der Waals surface area contributed by atoms with Crippen LogP contribution in [0.2, 0.25) is 0 Å². The zero-order valence-corrected chi connectivity index (χ0v) is 14.5. The van der Waals surface area contributed by atoms with Gasteiger partial charge in [0.25, 0.3) is 0 Å². The van der Waals surface area contributed by atoms with Gasteiger partial charge in [0.2, 0.25) is 11.8 Å². The zero-order chi connectivity index (χ0) is 17.0. The molecule has 0 unspecified atom stereocenters. The molecule has 2 N–H and O–H groups in total. The molecule has 3 aliphatic rings. The number of hydrogen-bond acceptors (Lipinski definition) is 5. The van der Waals surface area contributed by atoms with Gasteiger partial charge in [0.05, 0.1) is 25.3 Å². The Morgan fingerprint density at radius 1 is 0.875 bits per heavy atom. The van der Waals surface area contributed by atoms with E-state index in [0.29, 0.717) is 45.9 Å². The fraction of sp³-hybridized carbons (Fsp3) is 0.882. The second-order valence-corrected chi connectivity index (χ2v) is 7.28. The Balaban J connectivity index is 1.46. The van der Waals surface area contributed by atoms with Crippen molar-refractivity contribution in [2.45, 2.75) is 37.6 Å². The lowest BCUT2D eigenvalue weighted by atomic mass is 9.81. The van der Waals surface area contributed by atoms with Gasteiger partial charge in [-0.2, -0.15) is 0 Å². The van der Waals surface area contributed by atoms with Crippen molar-refractivity contribution in [3.63, 3.8) is 0 Å². The van der Waals surface area contributed by atoms with Gasteiger partial charge in [-0.05, 0) is 12.8 Å². The van der Waals surface area contributed by atoms with Crippen LogP contribution in [-0.4, -0.2) is 91.1 Å². The minimum atomic E-state index is -0.668. The number of carbonyl (C=O) groups excluding carboxylic acids is 2. The molecule has 3 fully saturated rings. The van der Waals surface area contributed by atoms with E-state index in [4.69, 9.17) is 10.5 Å². The van der Waals surface area contributed by atoms with Crippen LogP contribution in [0.25, 0.3) is 0 Å². The van der Waals surface area contributed by atoms with Crippen LogP contribution in [0.15, 0.2) is 0 Å². The first kappa shape index (κ1) is 17.6. The number of nitrogens with two attached hydrogens (primary N) is 1. The van der Waals surface area contributed by atoms with Gasteiger partial charge in [0.1, 0.15) is 0 Å². The maximum atomic E-state index is 12.7. The van der Waals surface area contributed by atoms with Gasteiger partial charge in [-0.15, -0.1) is 0 Å². The van der Waals surface area contributed by atoms with Crippen LogP contribution in [0.4, 0.5) is 0 Å². The lowest BCUT2D eigenvalue weighted by Crippen LogP contribution is -2.61. The van der Waals surface area contributed by atoms with Gasteiger partial charge in [-0.3, -0.25) is 14.5 Å². The molecular weight excluding hydrogens is 308 g/mol. The van der Waals surface area contributed by atoms with E-state index in [1.165, 1.54) is 6.42 Å². The average Bonchev–Trinajstić information content (AvgIpc) is 2.63. The van der Waals surface area contributed by atoms with Crippen LogP contribution >= 0.6 is 0 Å². The molecule has 2 heterocycles. The smallest absolute Gasteiger partial charge is 0.242 e. The van der Waals surface area contributed by atoms with Crippen LogP contribution in [0.3, 0.4) is 0 Å². The molecule has 2 amide bonds. The van der Waals surface area contributed by atoms with E-state index >= 15 is 0 Å². The molecule has 0 aromatic carbocycles. The molecule has 2 aliphatic heterocycles. The fourth-order valence-electron chi connectivity index (χ4n) is 3.92. The highest BCUT2D eigenvalue weighted by molar-refractivity contribution is 5.86. The van der Waals surface area contributed by atoms with Crippen molar-refractivity contribution in [1.82, 2.24) is 14.7 Å². The van der Waals surface area contributed by atoms with Crippen LogP contribution < -0.4 is 5.73 Å². The molecular formula is C17H30N4O3. The first-order chi connectivity index (χ1) is 11.6. The average molecular weight is 338 g/mol. The lowest BCUT2D eigenvalue weighted by molar-refractivity contribution is -0.144. The van der Waals surface area contributed by atoms with Gasteiger partial charge in [-0.1, -0.05) is 19.3 Å². The fourth-order valence-corrected chi connectivity index (χ4v) is 3.92. The van der Waals surface area contributed by atoms with E-state index in [0.717, 1.165) is 38.8 Å². The molecule has 0 bridgehead atoms. The van der Waals surface area contributed by atoms with Crippen molar-refractivity contribution in [3.05, 3.63) is 0 Å². The van der Waals surface area contributed by atoms with Crippen molar-refractivity contribution in [2.24, 2.45) is 5.73 Å². The summed E-state index contributed by atoms with van der Waals surface area (Å²) in [7, 11) is 0. The molecule has 0 radical (unpaired) electrons. The SMILES string of the molecule is NC1(C(=O)N2CCN(C(=O)CN3CCOCC3)CC2)CCCCC1. The first-order valence-electron chi connectivity index (χ1n) is 9.25. The van der Waals surface area contributed by atoms with Gasteiger partial charge < -0.3 is 20.3 Å². The molecule has 2 saturated heterocycles. The topological polar surface area (TPSA) is 79.1 Å². The van der Waals surface area contributed by atoms with E-state index in [2.05, 4.69) is 4.90 Å². The summed E-state index contributed by atoms with van der Waals surface area (Å²) < 4.78 is 5.31. The quantitative estimate of drug-likeness (QED) is 0.761. The lowest BCUT2D eigenvalue weighted by Gasteiger charge is -2.41. The summed E-state index contributed by atoms with van der Waals surface area (Å²) in [5, 5.41) is 0. The van der Waals surface area contributed by atoms with E-state index in [1.807, 2.05) is 9.80 Å². The van der Waals surface area contributed by atoms with E-state index in [9.17, 15) is 9.59 Å². The Labute approximate surface area is 144 Å². The minimum Gasteiger partial charge on any atom is -0.379 e. The molecule has 0 aromatic rings. The Hall–Kier alpha value is -1.18. The Kier molecular flexibility index (Phi) is 5.73. The highest BCUT2D eigenvalue weighted by Gasteiger charge is 2.39. The number of nitrogens with zero attached hydrogens (tertiary/aromatic N) is 3. The predicted molar refractivity (Wildman–Crippen MR) is 90.4 cm³/mol. The molecule has 0 spiro atoms. The first-order valence-corrected chi connectivity index (χ1v) is 9.25. The summed E-state index contributed by atoms with van der Waals surface area (Å²) >= 11 is 0. The third kappa shape index (κ3) is 4.07.